The van der Waals surface area contributed by atoms with E-state index in [-0.39, 0.29) is 5.91 Å². The minimum absolute atomic E-state index is 0.112. The van der Waals surface area contributed by atoms with Crippen LogP contribution in [0.15, 0.2) is 29.0 Å². The number of carbonyl (C=O) groups excluding carboxylic acids is 1. The molecule has 0 spiro atoms. The van der Waals surface area contributed by atoms with Gasteiger partial charge in [-0.2, -0.15) is 0 Å². The number of likely N-dealkylation sites (N-methyl/N-ethyl adjacent to an activating group) is 1. The highest BCUT2D eigenvalue weighted by molar-refractivity contribution is 5.79. The van der Waals surface area contributed by atoms with Gasteiger partial charge in [-0.1, -0.05) is 5.16 Å². The molecule has 0 unspecified atom stereocenters. The molecule has 2 rings (SSSR count). The summed E-state index contributed by atoms with van der Waals surface area (Å²) in [5.41, 5.74) is 2.89. The third-order valence-electron chi connectivity index (χ3n) is 3.66. The molecule has 2 aromatic rings. The number of aromatic nitrogens is 2. The summed E-state index contributed by atoms with van der Waals surface area (Å²) in [6, 6.07) is 3.96. The van der Waals surface area contributed by atoms with Crippen LogP contribution in [-0.4, -0.2) is 34.0 Å². The molecule has 0 bridgehead atoms. The maximum Gasteiger partial charge on any atom is 0.227 e. The summed E-state index contributed by atoms with van der Waals surface area (Å²) in [6.45, 7) is 7.12. The third-order valence-corrected chi connectivity index (χ3v) is 3.66. The highest BCUT2D eigenvalue weighted by atomic mass is 16.5. The second-order valence-electron chi connectivity index (χ2n) is 5.06. The summed E-state index contributed by atoms with van der Waals surface area (Å²) in [4.78, 5) is 18.3. The van der Waals surface area contributed by atoms with Gasteiger partial charge in [-0.05, 0) is 44.9 Å². The van der Waals surface area contributed by atoms with Gasteiger partial charge < -0.3 is 9.42 Å². The Balaban J connectivity index is 1.96. The number of hydrogen-bond acceptors (Lipinski definition) is 4. The Bertz CT molecular complexity index is 573. The molecule has 0 fully saturated rings. The van der Waals surface area contributed by atoms with Gasteiger partial charge >= 0.3 is 0 Å². The number of amides is 1. The van der Waals surface area contributed by atoms with Gasteiger partial charge in [0, 0.05) is 31.0 Å². The van der Waals surface area contributed by atoms with Crippen LogP contribution in [-0.2, 0) is 17.6 Å². The molecule has 2 aromatic heterocycles. The first-order chi connectivity index (χ1) is 10.1. The van der Waals surface area contributed by atoms with Crippen molar-refractivity contribution in [2.24, 2.45) is 0 Å². The zero-order valence-corrected chi connectivity index (χ0v) is 12.8. The van der Waals surface area contributed by atoms with Gasteiger partial charge in [0.15, 0.2) is 0 Å². The average molecular weight is 287 g/mol. The lowest BCUT2D eigenvalue weighted by molar-refractivity contribution is -0.130. The first-order valence-corrected chi connectivity index (χ1v) is 7.20. The maximum absolute atomic E-state index is 12.4. The normalized spacial score (nSPS) is 10.6. The molecule has 0 N–H and O–H groups in total. The summed E-state index contributed by atoms with van der Waals surface area (Å²) >= 11 is 0. The van der Waals surface area contributed by atoms with E-state index >= 15 is 0 Å². The molecule has 21 heavy (non-hydrogen) atoms. The van der Waals surface area contributed by atoms with E-state index < -0.39 is 0 Å². The Labute approximate surface area is 125 Å². The van der Waals surface area contributed by atoms with Crippen LogP contribution >= 0.6 is 0 Å². The highest BCUT2D eigenvalue weighted by Gasteiger charge is 2.17. The minimum Gasteiger partial charge on any atom is -0.361 e. The zero-order valence-electron chi connectivity index (χ0n) is 12.8. The Kier molecular flexibility index (Phi) is 5.09. The number of nitrogens with zero attached hydrogens (tertiary/aromatic N) is 3. The van der Waals surface area contributed by atoms with E-state index in [1.165, 1.54) is 5.56 Å². The molecule has 2 heterocycles. The van der Waals surface area contributed by atoms with Crippen molar-refractivity contribution in [1.29, 1.82) is 0 Å². The van der Waals surface area contributed by atoms with Crippen molar-refractivity contribution in [2.75, 3.05) is 13.1 Å². The largest absolute Gasteiger partial charge is 0.361 e. The molecule has 0 aliphatic heterocycles. The van der Waals surface area contributed by atoms with Crippen LogP contribution in [0.2, 0.25) is 0 Å². The van der Waals surface area contributed by atoms with Crippen molar-refractivity contribution >= 4 is 5.91 Å². The molecule has 1 amide bonds. The second kappa shape index (κ2) is 7.02. The summed E-state index contributed by atoms with van der Waals surface area (Å²) < 4.78 is 5.11. The van der Waals surface area contributed by atoms with Crippen molar-refractivity contribution in [2.45, 2.75) is 33.6 Å². The standard InChI is InChI=1S/C16H21N3O2/c1-4-19(10-7-14-5-8-17-9-6-14)16(20)11-15-12(2)18-21-13(15)3/h5-6,8-9H,4,7,10-11H2,1-3H3. The Morgan fingerprint density at radius 1 is 1.29 bits per heavy atom. The zero-order chi connectivity index (χ0) is 15.2. The molecule has 0 aromatic carbocycles. The fourth-order valence-electron chi connectivity index (χ4n) is 2.29. The SMILES string of the molecule is CCN(CCc1ccncc1)C(=O)Cc1c(C)noc1C. The minimum atomic E-state index is 0.112. The van der Waals surface area contributed by atoms with Crippen LogP contribution in [0.4, 0.5) is 0 Å². The smallest absolute Gasteiger partial charge is 0.227 e. The Morgan fingerprint density at radius 2 is 2.00 bits per heavy atom. The summed E-state index contributed by atoms with van der Waals surface area (Å²) in [6.07, 6.45) is 4.74. The predicted molar refractivity (Wildman–Crippen MR) is 79.9 cm³/mol. The monoisotopic (exact) mass is 287 g/mol. The topological polar surface area (TPSA) is 59.2 Å². The van der Waals surface area contributed by atoms with E-state index in [4.69, 9.17) is 4.52 Å². The van der Waals surface area contributed by atoms with Gasteiger partial charge in [-0.25, -0.2) is 0 Å². The van der Waals surface area contributed by atoms with Crippen molar-refractivity contribution in [3.8, 4) is 0 Å². The lowest BCUT2D eigenvalue weighted by atomic mass is 10.1. The lowest BCUT2D eigenvalue weighted by Gasteiger charge is -2.21. The van der Waals surface area contributed by atoms with Gasteiger partial charge in [0.05, 0.1) is 12.1 Å². The van der Waals surface area contributed by atoms with Crippen LogP contribution in [0.1, 0.15) is 29.5 Å². The third kappa shape index (κ3) is 3.90. The van der Waals surface area contributed by atoms with Crippen molar-refractivity contribution in [1.82, 2.24) is 15.0 Å². The average Bonchev–Trinajstić information content (AvgIpc) is 2.81. The summed E-state index contributed by atoms with van der Waals surface area (Å²) in [5, 5.41) is 3.90. The molecule has 0 saturated heterocycles. The molecule has 5 heteroatoms. The van der Waals surface area contributed by atoms with Crippen LogP contribution < -0.4 is 0 Å². The molecule has 0 atom stereocenters. The van der Waals surface area contributed by atoms with E-state index in [2.05, 4.69) is 10.1 Å². The van der Waals surface area contributed by atoms with Crippen molar-refractivity contribution in [3.05, 3.63) is 47.1 Å². The molecule has 0 aliphatic rings. The van der Waals surface area contributed by atoms with Crippen LogP contribution in [0.25, 0.3) is 0 Å². The molecule has 0 saturated carbocycles. The Hall–Kier alpha value is -2.17. The fraction of sp³-hybridized carbons (Fsp3) is 0.438. The lowest BCUT2D eigenvalue weighted by Crippen LogP contribution is -2.34. The van der Waals surface area contributed by atoms with E-state index in [0.29, 0.717) is 19.5 Å². The highest BCUT2D eigenvalue weighted by Crippen LogP contribution is 2.14. The molecular weight excluding hydrogens is 266 g/mol. The van der Waals surface area contributed by atoms with E-state index in [1.807, 2.05) is 37.8 Å². The van der Waals surface area contributed by atoms with Crippen LogP contribution in [0, 0.1) is 13.8 Å². The van der Waals surface area contributed by atoms with E-state index in [1.54, 1.807) is 12.4 Å². The van der Waals surface area contributed by atoms with E-state index in [0.717, 1.165) is 23.4 Å². The fourth-order valence-corrected chi connectivity index (χ4v) is 2.29. The second-order valence-corrected chi connectivity index (χ2v) is 5.06. The molecule has 0 radical (unpaired) electrons. The first-order valence-electron chi connectivity index (χ1n) is 7.20. The summed E-state index contributed by atoms with van der Waals surface area (Å²) in [5.74, 6) is 0.840. The quantitative estimate of drug-likeness (QED) is 0.818. The van der Waals surface area contributed by atoms with Crippen molar-refractivity contribution < 1.29 is 9.32 Å². The predicted octanol–water partition coefficient (Wildman–Crippen LogP) is 2.32. The maximum atomic E-state index is 12.4. The molecular formula is C16H21N3O2. The van der Waals surface area contributed by atoms with Gasteiger partial charge in [0.2, 0.25) is 5.91 Å². The van der Waals surface area contributed by atoms with Gasteiger partial charge in [0.25, 0.3) is 0 Å². The van der Waals surface area contributed by atoms with Gasteiger partial charge in [0.1, 0.15) is 5.76 Å². The number of aryl methyl sites for hydroxylation is 2. The number of rotatable bonds is 6. The van der Waals surface area contributed by atoms with Crippen LogP contribution in [0.3, 0.4) is 0 Å². The van der Waals surface area contributed by atoms with E-state index in [9.17, 15) is 4.79 Å². The number of pyridine rings is 1. The van der Waals surface area contributed by atoms with Gasteiger partial charge in [-0.15, -0.1) is 0 Å². The summed E-state index contributed by atoms with van der Waals surface area (Å²) in [7, 11) is 0. The molecule has 112 valence electrons. The van der Waals surface area contributed by atoms with Crippen LogP contribution in [0.5, 0.6) is 0 Å². The Morgan fingerprint density at radius 3 is 2.57 bits per heavy atom. The molecule has 0 aliphatic carbocycles. The number of carbonyl (C=O) groups is 1. The van der Waals surface area contributed by atoms with Crippen molar-refractivity contribution in [3.63, 3.8) is 0 Å². The van der Waals surface area contributed by atoms with Gasteiger partial charge in [-0.3, -0.25) is 9.78 Å². The number of hydrogen-bond donors (Lipinski definition) is 0. The first kappa shape index (κ1) is 15.2. The molecule has 5 nitrogen and oxygen atoms in total.